The molecular formula is C11H11I2N2S-. The van der Waals surface area contributed by atoms with Crippen molar-refractivity contribution in [3.05, 3.63) is 20.5 Å². The molecule has 16 heavy (non-hydrogen) atoms. The van der Waals surface area contributed by atoms with Crippen molar-refractivity contribution in [1.29, 1.82) is 0 Å². The molecule has 0 N–H and O–H groups in total. The zero-order valence-electron chi connectivity index (χ0n) is 8.83. The second kappa shape index (κ2) is 4.64. The van der Waals surface area contributed by atoms with Crippen LogP contribution in [0.1, 0.15) is 16.9 Å². The van der Waals surface area contributed by atoms with Crippen molar-refractivity contribution in [3.63, 3.8) is 0 Å². The van der Waals surface area contributed by atoms with Crippen LogP contribution in [0.4, 0.5) is 0 Å². The van der Waals surface area contributed by atoms with Crippen LogP contribution in [-0.2, 0) is 12.8 Å². The zero-order chi connectivity index (χ0) is 11.1. The number of alkyl halides is 2. The Hall–Kier alpha value is 0.500. The van der Waals surface area contributed by atoms with Gasteiger partial charge >= 0.3 is 124 Å². The predicted octanol–water partition coefficient (Wildman–Crippen LogP) is -0.128. The summed E-state index contributed by atoms with van der Waals surface area (Å²) in [6.07, 6.45) is 5.64. The van der Waals surface area contributed by atoms with E-state index in [1.54, 1.807) is 16.8 Å². The van der Waals surface area contributed by atoms with Crippen molar-refractivity contribution in [2.75, 3.05) is 4.93 Å². The summed E-state index contributed by atoms with van der Waals surface area (Å²) in [5.41, 5.74) is 1.57. The molecule has 0 saturated carbocycles. The van der Waals surface area contributed by atoms with E-state index in [9.17, 15) is 0 Å². The maximum absolute atomic E-state index is 4.41. The average molecular weight is 457 g/mol. The van der Waals surface area contributed by atoms with E-state index in [0.717, 1.165) is 7.63 Å². The van der Waals surface area contributed by atoms with Crippen LogP contribution >= 0.6 is 33.9 Å². The molecule has 2 nitrogen and oxygen atoms in total. The van der Waals surface area contributed by atoms with E-state index in [1.807, 2.05) is 11.3 Å². The Labute approximate surface area is 123 Å². The van der Waals surface area contributed by atoms with Gasteiger partial charge in [0.25, 0.3) is 0 Å². The Morgan fingerprint density at radius 2 is 2.38 bits per heavy atom. The first-order valence-electron chi connectivity index (χ1n) is 5.18. The molecule has 0 spiro atoms. The second-order valence-electron chi connectivity index (χ2n) is 3.91. The topological polar surface area (TPSA) is 25.8 Å². The van der Waals surface area contributed by atoms with Crippen molar-refractivity contribution in [1.82, 2.24) is 9.97 Å². The predicted molar refractivity (Wildman–Crippen MR) is 71.9 cm³/mol. The fourth-order valence-electron chi connectivity index (χ4n) is 2.21. The molecule has 0 aliphatic heterocycles. The Bertz CT molecular complexity index is 538. The number of fused-ring (bicyclic) bond motifs is 3. The van der Waals surface area contributed by atoms with Crippen LogP contribution < -0.4 is 21.2 Å². The van der Waals surface area contributed by atoms with Gasteiger partial charge in [-0.25, -0.2) is 0 Å². The molecule has 1 atom stereocenters. The fraction of sp³-hybridized carbons (Fsp3) is 0.455. The summed E-state index contributed by atoms with van der Waals surface area (Å²) < 4.78 is 2.11. The third kappa shape index (κ3) is 1.88. The average Bonchev–Trinajstić information content (AvgIpc) is 2.67. The molecule has 2 aromatic rings. The van der Waals surface area contributed by atoms with Gasteiger partial charge in [0, 0.05) is 0 Å². The van der Waals surface area contributed by atoms with Crippen molar-refractivity contribution in [2.24, 2.45) is 0 Å². The molecule has 0 radical (unpaired) electrons. The first-order chi connectivity index (χ1) is 7.79. The molecule has 2 heterocycles. The molecule has 5 heteroatoms. The van der Waals surface area contributed by atoms with Crippen LogP contribution in [0.3, 0.4) is 0 Å². The molecule has 0 fully saturated rings. The summed E-state index contributed by atoms with van der Waals surface area (Å²) in [5, 5.41) is 1.35. The van der Waals surface area contributed by atoms with Gasteiger partial charge in [-0.05, 0) is 0 Å². The summed E-state index contributed by atoms with van der Waals surface area (Å²) in [6.45, 7) is 0. The molecule has 0 saturated heterocycles. The maximum atomic E-state index is 4.41. The number of hydrogen-bond donors (Lipinski definition) is 0. The van der Waals surface area contributed by atoms with Gasteiger partial charge in [-0.2, -0.15) is 0 Å². The van der Waals surface area contributed by atoms with E-state index < -0.39 is 0 Å². The number of nitrogens with zero attached hydrogens (tertiary/aromatic N) is 2. The summed E-state index contributed by atoms with van der Waals surface area (Å²) in [7, 11) is 0. The van der Waals surface area contributed by atoms with Gasteiger partial charge in [0.15, 0.2) is 0 Å². The quantitative estimate of drug-likeness (QED) is 0.339. The standard InChI is InChI=1S/C11H11I2N2S/c1-13-6-2-3-8-7(4-6)9-10(12)14-5-15-11(9)16-8/h5-6H,2-4H2,1H3/q-1. The summed E-state index contributed by atoms with van der Waals surface area (Å²) >= 11 is 4.60. The van der Waals surface area contributed by atoms with Gasteiger partial charge in [0.2, 0.25) is 0 Å². The second-order valence-corrected chi connectivity index (χ2v) is 9.02. The number of rotatable bonds is 1. The molecular weight excluding hydrogens is 446 g/mol. The molecule has 86 valence electrons. The van der Waals surface area contributed by atoms with E-state index in [0.29, 0.717) is 21.2 Å². The van der Waals surface area contributed by atoms with Gasteiger partial charge < -0.3 is 0 Å². The molecule has 1 unspecified atom stereocenters. The van der Waals surface area contributed by atoms with Crippen LogP contribution in [0.25, 0.3) is 10.2 Å². The van der Waals surface area contributed by atoms with E-state index >= 15 is 0 Å². The molecule has 2 aromatic heterocycles. The summed E-state index contributed by atoms with van der Waals surface area (Å²) in [4.78, 5) is 13.9. The van der Waals surface area contributed by atoms with Gasteiger partial charge in [-0.3, -0.25) is 0 Å². The van der Waals surface area contributed by atoms with Gasteiger partial charge in [-0.1, -0.05) is 0 Å². The van der Waals surface area contributed by atoms with Crippen molar-refractivity contribution in [3.8, 4) is 0 Å². The van der Waals surface area contributed by atoms with Gasteiger partial charge in [0.05, 0.1) is 0 Å². The Kier molecular flexibility index (Phi) is 3.36. The minimum absolute atomic E-state index is 0.374. The normalized spacial score (nSPS) is 20.2. The molecule has 1 aliphatic carbocycles. The minimum atomic E-state index is 0.374. The third-order valence-electron chi connectivity index (χ3n) is 3.04. The third-order valence-corrected chi connectivity index (χ3v) is 7.89. The first kappa shape index (κ1) is 11.6. The summed E-state index contributed by atoms with van der Waals surface area (Å²) in [5.74, 6) is 0. The Balaban J connectivity index is 2.19. The van der Waals surface area contributed by atoms with Crippen LogP contribution in [0, 0.1) is 3.70 Å². The van der Waals surface area contributed by atoms with E-state index in [1.165, 1.54) is 29.5 Å². The van der Waals surface area contributed by atoms with Crippen LogP contribution in [0.5, 0.6) is 0 Å². The molecule has 3 rings (SSSR count). The fourth-order valence-corrected chi connectivity index (χ4v) is 6.10. The Morgan fingerprint density at radius 1 is 1.50 bits per heavy atom. The van der Waals surface area contributed by atoms with Crippen molar-refractivity contribution < 1.29 is 21.2 Å². The number of aromatic nitrogens is 2. The van der Waals surface area contributed by atoms with Gasteiger partial charge in [0.1, 0.15) is 0 Å². The van der Waals surface area contributed by atoms with E-state index in [2.05, 4.69) is 37.5 Å². The van der Waals surface area contributed by atoms with E-state index in [4.69, 9.17) is 0 Å². The van der Waals surface area contributed by atoms with Gasteiger partial charge in [-0.15, -0.1) is 0 Å². The molecule has 0 bridgehead atoms. The molecule has 0 aromatic carbocycles. The summed E-state index contributed by atoms with van der Waals surface area (Å²) in [6, 6.07) is 0. The number of hydrogen-bond acceptors (Lipinski definition) is 3. The SMILES string of the molecule is C[I-]C1CCc2sc3ncnc(I)c3c2C1. The number of thiophene rings is 1. The monoisotopic (exact) mass is 457 g/mol. The molecule has 1 aliphatic rings. The van der Waals surface area contributed by atoms with E-state index in [-0.39, 0.29) is 0 Å². The Morgan fingerprint density at radius 3 is 3.19 bits per heavy atom. The number of aryl methyl sites for hydroxylation is 1. The number of halogens is 2. The van der Waals surface area contributed by atoms with Crippen LogP contribution in [0.2, 0.25) is 0 Å². The zero-order valence-corrected chi connectivity index (χ0v) is 14.0. The van der Waals surface area contributed by atoms with Crippen LogP contribution in [-0.4, -0.2) is 18.8 Å². The first-order valence-corrected chi connectivity index (χ1v) is 10.5. The van der Waals surface area contributed by atoms with Crippen molar-refractivity contribution in [2.45, 2.75) is 23.2 Å². The molecule has 0 amide bonds. The van der Waals surface area contributed by atoms with Crippen LogP contribution in [0.15, 0.2) is 6.33 Å². The van der Waals surface area contributed by atoms with Crippen molar-refractivity contribution >= 4 is 44.1 Å².